The molecule has 3 N–H and O–H groups in total. The summed E-state index contributed by atoms with van der Waals surface area (Å²) in [6, 6.07) is 7.23. The van der Waals surface area contributed by atoms with Crippen molar-refractivity contribution < 1.29 is 9.53 Å². The summed E-state index contributed by atoms with van der Waals surface area (Å²) in [4.78, 5) is 20.6. The second-order valence-corrected chi connectivity index (χ2v) is 6.47. The average molecular weight is 326 g/mol. The summed E-state index contributed by atoms with van der Waals surface area (Å²) < 4.78 is 5.64. The van der Waals surface area contributed by atoms with Crippen molar-refractivity contribution in [2.75, 3.05) is 5.32 Å². The lowest BCUT2D eigenvalue weighted by atomic mass is 9.74. The van der Waals surface area contributed by atoms with E-state index in [1.54, 1.807) is 24.5 Å². The van der Waals surface area contributed by atoms with Crippen molar-refractivity contribution in [1.82, 2.24) is 9.97 Å². The van der Waals surface area contributed by atoms with Crippen LogP contribution in [-0.4, -0.2) is 21.4 Å². The van der Waals surface area contributed by atoms with Crippen molar-refractivity contribution in [3.05, 3.63) is 42.9 Å². The molecule has 0 aliphatic heterocycles. The number of anilines is 1. The van der Waals surface area contributed by atoms with E-state index in [2.05, 4.69) is 15.3 Å². The van der Waals surface area contributed by atoms with Crippen LogP contribution in [-0.2, 0) is 4.79 Å². The lowest BCUT2D eigenvalue weighted by Crippen LogP contribution is -2.51. The summed E-state index contributed by atoms with van der Waals surface area (Å²) in [5, 5.41) is 2.96. The minimum atomic E-state index is -0.448. The van der Waals surface area contributed by atoms with Crippen LogP contribution in [0.5, 0.6) is 11.6 Å². The molecule has 1 aromatic heterocycles. The number of benzene rings is 1. The molecule has 2 aromatic rings. The van der Waals surface area contributed by atoms with Crippen molar-refractivity contribution in [3.8, 4) is 11.6 Å². The van der Waals surface area contributed by atoms with Gasteiger partial charge in [0.25, 0.3) is 0 Å². The monoisotopic (exact) mass is 326 g/mol. The zero-order valence-electron chi connectivity index (χ0n) is 13.7. The van der Waals surface area contributed by atoms with Gasteiger partial charge in [-0.1, -0.05) is 18.9 Å². The van der Waals surface area contributed by atoms with Crippen molar-refractivity contribution in [1.29, 1.82) is 0 Å². The second kappa shape index (κ2) is 6.97. The van der Waals surface area contributed by atoms with Crippen molar-refractivity contribution in [2.45, 2.75) is 38.1 Å². The Hall–Kier alpha value is -2.47. The first-order valence-corrected chi connectivity index (χ1v) is 8.18. The van der Waals surface area contributed by atoms with E-state index in [1.165, 1.54) is 6.20 Å². The molecule has 24 heavy (non-hydrogen) atoms. The van der Waals surface area contributed by atoms with Gasteiger partial charge in [0.15, 0.2) is 0 Å². The number of ether oxygens (including phenoxy) is 1. The van der Waals surface area contributed by atoms with Gasteiger partial charge in [0.05, 0.1) is 12.1 Å². The van der Waals surface area contributed by atoms with E-state index in [0.29, 0.717) is 17.3 Å². The van der Waals surface area contributed by atoms with Crippen LogP contribution < -0.4 is 15.8 Å². The first kappa shape index (κ1) is 16.4. The van der Waals surface area contributed by atoms with Crippen molar-refractivity contribution >= 4 is 11.6 Å². The first-order valence-electron chi connectivity index (χ1n) is 8.18. The predicted octanol–water partition coefficient (Wildman–Crippen LogP) is 3.12. The number of nitrogens with one attached hydrogen (secondary N) is 1. The van der Waals surface area contributed by atoms with E-state index in [0.717, 1.165) is 25.7 Å². The number of hydrogen-bond acceptors (Lipinski definition) is 5. The normalized spacial score (nSPS) is 23.5. The van der Waals surface area contributed by atoms with Gasteiger partial charge in [-0.05, 0) is 31.9 Å². The Morgan fingerprint density at radius 1 is 1.38 bits per heavy atom. The third-order valence-corrected chi connectivity index (χ3v) is 4.43. The third kappa shape index (κ3) is 3.89. The van der Waals surface area contributed by atoms with Crippen LogP contribution in [0, 0.1) is 5.92 Å². The van der Waals surface area contributed by atoms with Crippen molar-refractivity contribution in [2.24, 2.45) is 11.7 Å². The standard InChI is InChI=1S/C18H22N4O2/c1-18(19)8-3-2-7-15(18)17(23)22-13-5-4-6-14(11-13)24-16-12-20-9-10-21-16/h4-6,9-12,15H,2-3,7-8,19H2,1H3,(H,22,23). The molecule has 1 aliphatic rings. The Bertz CT molecular complexity index is 703. The number of rotatable bonds is 4. The molecule has 1 saturated carbocycles. The molecule has 126 valence electrons. The molecule has 0 saturated heterocycles. The molecule has 6 nitrogen and oxygen atoms in total. The van der Waals surface area contributed by atoms with E-state index < -0.39 is 5.54 Å². The van der Waals surface area contributed by atoms with Crippen molar-refractivity contribution in [3.63, 3.8) is 0 Å². The van der Waals surface area contributed by atoms with Gasteiger partial charge >= 0.3 is 0 Å². The fourth-order valence-electron chi connectivity index (χ4n) is 3.11. The van der Waals surface area contributed by atoms with E-state index >= 15 is 0 Å². The molecule has 1 fully saturated rings. The molecule has 2 atom stereocenters. The van der Waals surface area contributed by atoms with Gasteiger partial charge in [0.1, 0.15) is 5.75 Å². The van der Waals surface area contributed by atoms with Gasteiger partial charge in [0, 0.05) is 29.7 Å². The Labute approximate surface area is 141 Å². The highest BCUT2D eigenvalue weighted by atomic mass is 16.5. The van der Waals surface area contributed by atoms with E-state index in [9.17, 15) is 4.79 Å². The van der Waals surface area contributed by atoms with Crippen LogP contribution in [0.3, 0.4) is 0 Å². The summed E-state index contributed by atoms with van der Waals surface area (Å²) in [5.41, 5.74) is 6.54. The number of amides is 1. The third-order valence-electron chi connectivity index (χ3n) is 4.43. The molecule has 1 heterocycles. The molecule has 1 aliphatic carbocycles. The quantitative estimate of drug-likeness (QED) is 0.901. The van der Waals surface area contributed by atoms with Gasteiger partial charge in [-0.15, -0.1) is 0 Å². The predicted molar refractivity (Wildman–Crippen MR) is 91.7 cm³/mol. The molecule has 3 rings (SSSR count). The lowest BCUT2D eigenvalue weighted by Gasteiger charge is -2.37. The van der Waals surface area contributed by atoms with Crippen LogP contribution >= 0.6 is 0 Å². The van der Waals surface area contributed by atoms with Gasteiger partial charge < -0.3 is 15.8 Å². The molecule has 0 bridgehead atoms. The molecule has 1 aromatic carbocycles. The minimum Gasteiger partial charge on any atom is -0.437 e. The highest BCUT2D eigenvalue weighted by molar-refractivity contribution is 5.93. The Morgan fingerprint density at radius 3 is 3.00 bits per heavy atom. The second-order valence-electron chi connectivity index (χ2n) is 6.47. The number of carbonyl (C=O) groups is 1. The maximum absolute atomic E-state index is 12.6. The lowest BCUT2D eigenvalue weighted by molar-refractivity contribution is -0.122. The van der Waals surface area contributed by atoms with Gasteiger partial charge in [-0.25, -0.2) is 4.98 Å². The zero-order valence-corrected chi connectivity index (χ0v) is 13.7. The fourth-order valence-corrected chi connectivity index (χ4v) is 3.11. The number of hydrogen-bond donors (Lipinski definition) is 2. The summed E-state index contributed by atoms with van der Waals surface area (Å²) in [5.74, 6) is 0.794. The number of nitrogens with two attached hydrogens (primary N) is 1. The molecular formula is C18H22N4O2. The maximum atomic E-state index is 12.6. The molecule has 0 spiro atoms. The minimum absolute atomic E-state index is 0.0312. The highest BCUT2D eigenvalue weighted by Gasteiger charge is 2.37. The Balaban J connectivity index is 1.69. The molecule has 6 heteroatoms. The van der Waals surface area contributed by atoms with Crippen LogP contribution in [0.25, 0.3) is 0 Å². The largest absolute Gasteiger partial charge is 0.437 e. The maximum Gasteiger partial charge on any atom is 0.237 e. The summed E-state index contributed by atoms with van der Waals surface area (Å²) >= 11 is 0. The number of carbonyl (C=O) groups excluding carboxylic acids is 1. The average Bonchev–Trinajstić information content (AvgIpc) is 2.55. The molecule has 1 amide bonds. The van der Waals surface area contributed by atoms with Crippen LogP contribution in [0.15, 0.2) is 42.9 Å². The molecular weight excluding hydrogens is 304 g/mol. The van der Waals surface area contributed by atoms with Gasteiger partial charge in [0.2, 0.25) is 11.8 Å². The van der Waals surface area contributed by atoms with Gasteiger partial charge in [-0.3, -0.25) is 9.78 Å². The highest BCUT2D eigenvalue weighted by Crippen LogP contribution is 2.32. The van der Waals surface area contributed by atoms with Crippen LogP contribution in [0.1, 0.15) is 32.6 Å². The van der Waals surface area contributed by atoms with E-state index in [4.69, 9.17) is 10.5 Å². The summed E-state index contributed by atoms with van der Waals surface area (Å²) in [7, 11) is 0. The van der Waals surface area contributed by atoms with Crippen LogP contribution in [0.2, 0.25) is 0 Å². The first-order chi connectivity index (χ1) is 11.5. The zero-order chi connectivity index (χ0) is 17.0. The van der Waals surface area contributed by atoms with E-state index in [-0.39, 0.29) is 11.8 Å². The SMILES string of the molecule is CC1(N)CCCCC1C(=O)Nc1cccc(Oc2cnccn2)c1. The Morgan fingerprint density at radius 2 is 2.25 bits per heavy atom. The van der Waals surface area contributed by atoms with Gasteiger partial charge in [-0.2, -0.15) is 0 Å². The van der Waals surface area contributed by atoms with Crippen LogP contribution in [0.4, 0.5) is 5.69 Å². The number of aromatic nitrogens is 2. The number of nitrogens with zero attached hydrogens (tertiary/aromatic N) is 2. The Kier molecular flexibility index (Phi) is 4.76. The fraction of sp³-hybridized carbons (Fsp3) is 0.389. The topological polar surface area (TPSA) is 90.1 Å². The smallest absolute Gasteiger partial charge is 0.237 e. The summed E-state index contributed by atoms with van der Waals surface area (Å²) in [6.07, 6.45) is 8.51. The summed E-state index contributed by atoms with van der Waals surface area (Å²) in [6.45, 7) is 1.96. The molecule has 0 radical (unpaired) electrons. The molecule has 2 unspecified atom stereocenters. The van der Waals surface area contributed by atoms with E-state index in [1.807, 2.05) is 19.1 Å².